The Labute approximate surface area is 114 Å². The van der Waals surface area contributed by atoms with Gasteiger partial charge in [-0.15, -0.1) is 0 Å². The summed E-state index contributed by atoms with van der Waals surface area (Å²) >= 11 is 0. The van der Waals surface area contributed by atoms with Crippen molar-refractivity contribution < 1.29 is 5.11 Å². The highest BCUT2D eigenvalue weighted by Gasteiger charge is 2.33. The number of aliphatic hydroxyl groups excluding tert-OH is 1. The maximum absolute atomic E-state index is 10.2. The number of nitrogens with zero attached hydrogens (tertiary/aromatic N) is 1. The predicted octanol–water partition coefficient (Wildman–Crippen LogP) is 2.99. The van der Waals surface area contributed by atoms with Gasteiger partial charge < -0.3 is 5.11 Å². The zero-order chi connectivity index (χ0) is 13.1. The lowest BCUT2D eigenvalue weighted by atomic mass is 10.0. The van der Waals surface area contributed by atoms with Crippen LogP contribution in [0.3, 0.4) is 0 Å². The number of hydrogen-bond donors (Lipinski definition) is 1. The Morgan fingerprint density at radius 3 is 2.26 bits per heavy atom. The van der Waals surface area contributed by atoms with Gasteiger partial charge in [-0.2, -0.15) is 0 Å². The highest BCUT2D eigenvalue weighted by Crippen LogP contribution is 2.33. The number of hydrogen-bond acceptors (Lipinski definition) is 2. The standard InChI is InChI=1S/C17H19NO/c19-16-11-12-18(13-14-7-3-1-4-8-14)17(16)15-9-5-2-6-10-15/h1-10,16-17,19H,11-13H2/t16-,17+/m1/s1. The van der Waals surface area contributed by atoms with Gasteiger partial charge in [0, 0.05) is 13.1 Å². The number of aliphatic hydroxyl groups is 1. The molecule has 2 aromatic rings. The van der Waals surface area contributed by atoms with Crippen molar-refractivity contribution in [1.82, 2.24) is 4.90 Å². The second-order valence-electron chi connectivity index (χ2n) is 5.17. The molecule has 2 heteroatoms. The SMILES string of the molecule is O[C@@H]1CCN(Cc2ccccc2)[C@H]1c1ccccc1. The maximum Gasteiger partial charge on any atom is 0.0749 e. The molecule has 0 spiro atoms. The van der Waals surface area contributed by atoms with E-state index >= 15 is 0 Å². The molecule has 1 aliphatic rings. The molecule has 1 saturated heterocycles. The van der Waals surface area contributed by atoms with Crippen molar-refractivity contribution in [3.05, 3.63) is 71.8 Å². The van der Waals surface area contributed by atoms with Crippen LogP contribution in [0.2, 0.25) is 0 Å². The van der Waals surface area contributed by atoms with Crippen molar-refractivity contribution >= 4 is 0 Å². The van der Waals surface area contributed by atoms with Gasteiger partial charge in [0.05, 0.1) is 12.1 Å². The van der Waals surface area contributed by atoms with E-state index in [9.17, 15) is 5.11 Å². The van der Waals surface area contributed by atoms with E-state index in [1.165, 1.54) is 11.1 Å². The molecule has 1 heterocycles. The van der Waals surface area contributed by atoms with Crippen molar-refractivity contribution in [2.24, 2.45) is 0 Å². The van der Waals surface area contributed by atoms with Crippen molar-refractivity contribution in [2.45, 2.75) is 25.1 Å². The fourth-order valence-electron chi connectivity index (χ4n) is 2.92. The second-order valence-corrected chi connectivity index (χ2v) is 5.17. The summed E-state index contributed by atoms with van der Waals surface area (Å²) in [6.45, 7) is 1.85. The molecule has 0 amide bonds. The Bertz CT molecular complexity index is 511. The molecule has 1 aliphatic heterocycles. The van der Waals surface area contributed by atoms with E-state index in [2.05, 4.69) is 41.3 Å². The van der Waals surface area contributed by atoms with E-state index in [1.807, 2.05) is 24.3 Å². The number of benzene rings is 2. The van der Waals surface area contributed by atoms with Crippen LogP contribution in [0.15, 0.2) is 60.7 Å². The Morgan fingerprint density at radius 1 is 0.947 bits per heavy atom. The average molecular weight is 253 g/mol. The Morgan fingerprint density at radius 2 is 1.58 bits per heavy atom. The molecule has 0 bridgehead atoms. The molecule has 1 N–H and O–H groups in total. The summed E-state index contributed by atoms with van der Waals surface area (Å²) in [5.74, 6) is 0. The van der Waals surface area contributed by atoms with E-state index in [4.69, 9.17) is 0 Å². The number of rotatable bonds is 3. The molecular weight excluding hydrogens is 234 g/mol. The minimum atomic E-state index is -0.258. The molecule has 98 valence electrons. The van der Waals surface area contributed by atoms with Crippen molar-refractivity contribution in [2.75, 3.05) is 6.54 Å². The zero-order valence-electron chi connectivity index (χ0n) is 10.9. The summed E-state index contributed by atoms with van der Waals surface area (Å²) in [5, 5.41) is 10.2. The van der Waals surface area contributed by atoms with Crippen molar-refractivity contribution in [3.63, 3.8) is 0 Å². The molecule has 3 rings (SSSR count). The fraction of sp³-hybridized carbons (Fsp3) is 0.294. The molecule has 2 nitrogen and oxygen atoms in total. The highest BCUT2D eigenvalue weighted by molar-refractivity contribution is 5.23. The monoisotopic (exact) mass is 253 g/mol. The summed E-state index contributed by atoms with van der Waals surface area (Å²) < 4.78 is 0. The van der Waals surface area contributed by atoms with Gasteiger partial charge in [-0.3, -0.25) is 4.90 Å². The van der Waals surface area contributed by atoms with Gasteiger partial charge in [-0.25, -0.2) is 0 Å². The lowest BCUT2D eigenvalue weighted by molar-refractivity contribution is 0.113. The minimum Gasteiger partial charge on any atom is -0.391 e. The smallest absolute Gasteiger partial charge is 0.0749 e. The highest BCUT2D eigenvalue weighted by atomic mass is 16.3. The maximum atomic E-state index is 10.2. The van der Waals surface area contributed by atoms with Crippen LogP contribution in [-0.2, 0) is 6.54 Å². The lowest BCUT2D eigenvalue weighted by Gasteiger charge is -2.26. The molecule has 0 radical (unpaired) electrons. The van der Waals surface area contributed by atoms with E-state index in [1.54, 1.807) is 0 Å². The molecule has 19 heavy (non-hydrogen) atoms. The molecule has 0 unspecified atom stereocenters. The molecule has 0 aliphatic carbocycles. The molecule has 1 fully saturated rings. The first-order chi connectivity index (χ1) is 9.34. The second kappa shape index (κ2) is 5.55. The summed E-state index contributed by atoms with van der Waals surface area (Å²) in [6.07, 6.45) is 0.595. The largest absolute Gasteiger partial charge is 0.391 e. The van der Waals surface area contributed by atoms with Gasteiger partial charge in [0.1, 0.15) is 0 Å². The Hall–Kier alpha value is -1.64. The third-order valence-corrected chi connectivity index (χ3v) is 3.84. The predicted molar refractivity (Wildman–Crippen MR) is 76.7 cm³/mol. The van der Waals surface area contributed by atoms with Crippen LogP contribution in [-0.4, -0.2) is 22.7 Å². The summed E-state index contributed by atoms with van der Waals surface area (Å²) in [5.41, 5.74) is 2.51. The molecule has 0 saturated carbocycles. The van der Waals surface area contributed by atoms with Crippen LogP contribution in [0, 0.1) is 0 Å². The first kappa shape index (κ1) is 12.4. The third kappa shape index (κ3) is 2.70. The van der Waals surface area contributed by atoms with E-state index in [0.29, 0.717) is 0 Å². The van der Waals surface area contributed by atoms with Gasteiger partial charge in [0.2, 0.25) is 0 Å². The molecule has 0 aromatic heterocycles. The summed E-state index contributed by atoms with van der Waals surface area (Å²) in [6, 6.07) is 20.9. The van der Waals surface area contributed by atoms with Crippen LogP contribution in [0.5, 0.6) is 0 Å². The van der Waals surface area contributed by atoms with Gasteiger partial charge in [0.15, 0.2) is 0 Å². The Kier molecular flexibility index (Phi) is 3.62. The first-order valence-corrected chi connectivity index (χ1v) is 6.85. The lowest BCUT2D eigenvalue weighted by Crippen LogP contribution is -2.27. The van der Waals surface area contributed by atoms with Crippen molar-refractivity contribution in [1.29, 1.82) is 0 Å². The van der Waals surface area contributed by atoms with Gasteiger partial charge in [-0.05, 0) is 17.5 Å². The van der Waals surface area contributed by atoms with Crippen LogP contribution in [0.4, 0.5) is 0 Å². The van der Waals surface area contributed by atoms with Crippen LogP contribution in [0.1, 0.15) is 23.6 Å². The normalized spacial score (nSPS) is 23.6. The molecule has 2 atom stereocenters. The zero-order valence-corrected chi connectivity index (χ0v) is 10.9. The molecular formula is C17H19NO. The van der Waals surface area contributed by atoms with Gasteiger partial charge >= 0.3 is 0 Å². The van der Waals surface area contributed by atoms with Crippen LogP contribution >= 0.6 is 0 Å². The van der Waals surface area contributed by atoms with Gasteiger partial charge in [0.25, 0.3) is 0 Å². The van der Waals surface area contributed by atoms with E-state index in [-0.39, 0.29) is 12.1 Å². The minimum absolute atomic E-state index is 0.126. The molecule has 2 aromatic carbocycles. The number of likely N-dealkylation sites (tertiary alicyclic amines) is 1. The topological polar surface area (TPSA) is 23.5 Å². The van der Waals surface area contributed by atoms with Crippen LogP contribution < -0.4 is 0 Å². The third-order valence-electron chi connectivity index (χ3n) is 3.84. The quantitative estimate of drug-likeness (QED) is 0.909. The Balaban J connectivity index is 1.81. The first-order valence-electron chi connectivity index (χ1n) is 6.85. The van der Waals surface area contributed by atoms with E-state index in [0.717, 1.165) is 19.5 Å². The average Bonchev–Trinajstić information content (AvgIpc) is 2.82. The summed E-state index contributed by atoms with van der Waals surface area (Å²) in [7, 11) is 0. The van der Waals surface area contributed by atoms with Crippen molar-refractivity contribution in [3.8, 4) is 0 Å². The summed E-state index contributed by atoms with van der Waals surface area (Å²) in [4.78, 5) is 2.37. The fourth-order valence-corrected chi connectivity index (χ4v) is 2.92. The van der Waals surface area contributed by atoms with Gasteiger partial charge in [-0.1, -0.05) is 60.7 Å². The van der Waals surface area contributed by atoms with Crippen LogP contribution in [0.25, 0.3) is 0 Å². The van der Waals surface area contributed by atoms with E-state index < -0.39 is 0 Å².